The Morgan fingerprint density at radius 1 is 1.22 bits per heavy atom. The lowest BCUT2D eigenvalue weighted by Gasteiger charge is -2.17. The number of thiophene rings is 1. The second kappa shape index (κ2) is 8.43. The first-order valence-corrected chi connectivity index (χ1v) is 9.73. The van der Waals surface area contributed by atoms with Crippen molar-refractivity contribution in [1.82, 2.24) is 0 Å². The molecule has 0 saturated heterocycles. The fraction of sp³-hybridized carbons (Fsp3) is 0.143. The van der Waals surface area contributed by atoms with Crippen molar-refractivity contribution in [1.29, 1.82) is 0 Å². The largest absolute Gasteiger partial charge is 0.867 e. The Bertz CT molecular complexity index is 995. The molecule has 2 aromatic heterocycles. The minimum atomic E-state index is -0.159. The highest BCUT2D eigenvalue weighted by Gasteiger charge is 2.20. The molecule has 138 valence electrons. The molecule has 3 aromatic rings. The van der Waals surface area contributed by atoms with E-state index in [0.29, 0.717) is 21.1 Å². The lowest BCUT2D eigenvalue weighted by Crippen LogP contribution is -2.40. The van der Waals surface area contributed by atoms with E-state index in [1.165, 1.54) is 11.3 Å². The Labute approximate surface area is 168 Å². The minimum absolute atomic E-state index is 0.113. The highest BCUT2D eigenvalue weighted by molar-refractivity contribution is 7.81. The van der Waals surface area contributed by atoms with E-state index < -0.39 is 0 Å². The predicted octanol–water partition coefficient (Wildman–Crippen LogP) is 3.27. The summed E-state index contributed by atoms with van der Waals surface area (Å²) < 4.78 is 1.67. The monoisotopic (exact) mass is 396 g/mol. The zero-order valence-corrected chi connectivity index (χ0v) is 16.7. The van der Waals surface area contributed by atoms with Crippen LogP contribution in [0.5, 0.6) is 0 Å². The Morgan fingerprint density at radius 2 is 2.04 bits per heavy atom. The SMILES string of the molecule is Cc1ccc(C)c(NC(=S)C(=C([O-])c2cccs2)[n+]2cccc(CO)c2)c1. The van der Waals surface area contributed by atoms with Crippen LogP contribution in [0.4, 0.5) is 5.69 Å². The number of pyridine rings is 1. The van der Waals surface area contributed by atoms with Gasteiger partial charge in [0, 0.05) is 22.2 Å². The molecule has 0 aliphatic heterocycles. The number of aryl methyl sites for hydroxylation is 2. The third kappa shape index (κ3) is 4.42. The van der Waals surface area contributed by atoms with Crippen molar-refractivity contribution in [2.24, 2.45) is 0 Å². The molecule has 0 aliphatic carbocycles. The summed E-state index contributed by atoms with van der Waals surface area (Å²) in [7, 11) is 0. The Kier molecular flexibility index (Phi) is 6.01. The van der Waals surface area contributed by atoms with E-state index in [-0.39, 0.29) is 12.4 Å². The van der Waals surface area contributed by atoms with Gasteiger partial charge in [-0.3, -0.25) is 0 Å². The van der Waals surface area contributed by atoms with Gasteiger partial charge in [0.2, 0.25) is 5.70 Å². The van der Waals surface area contributed by atoms with Gasteiger partial charge >= 0.3 is 0 Å². The van der Waals surface area contributed by atoms with E-state index in [0.717, 1.165) is 16.8 Å². The van der Waals surface area contributed by atoms with Gasteiger partial charge in [0.1, 0.15) is 0 Å². The average molecular weight is 397 g/mol. The standard InChI is InChI=1S/C21H20N2O2S2/c1-14-7-8-15(2)17(11-14)22-21(26)19(20(25)18-6-4-10-27-18)23-9-3-5-16(12-23)13-24/h3-12,24H,13H2,1-2H3,(H-,22,25,26). The number of nitrogens with one attached hydrogen (secondary N) is 1. The lowest BCUT2D eigenvalue weighted by molar-refractivity contribution is -0.578. The van der Waals surface area contributed by atoms with Gasteiger partial charge < -0.3 is 15.5 Å². The van der Waals surface area contributed by atoms with Crippen LogP contribution in [0.2, 0.25) is 0 Å². The molecule has 0 fully saturated rings. The van der Waals surface area contributed by atoms with Crippen molar-refractivity contribution < 1.29 is 14.8 Å². The molecule has 2 N–H and O–H groups in total. The van der Waals surface area contributed by atoms with Gasteiger partial charge in [-0.25, -0.2) is 0 Å². The number of aliphatic hydroxyl groups is 1. The lowest BCUT2D eigenvalue weighted by atomic mass is 10.1. The van der Waals surface area contributed by atoms with Gasteiger partial charge in [-0.1, -0.05) is 30.4 Å². The molecular formula is C21H20N2O2S2. The van der Waals surface area contributed by atoms with Gasteiger partial charge in [0.15, 0.2) is 17.4 Å². The number of rotatable bonds is 5. The van der Waals surface area contributed by atoms with Crippen molar-refractivity contribution in [2.45, 2.75) is 20.5 Å². The van der Waals surface area contributed by atoms with Crippen molar-refractivity contribution in [3.63, 3.8) is 0 Å². The smallest absolute Gasteiger partial charge is 0.239 e. The Morgan fingerprint density at radius 3 is 2.74 bits per heavy atom. The second-order valence-corrected chi connectivity index (χ2v) is 7.56. The van der Waals surface area contributed by atoms with Gasteiger partial charge in [0.25, 0.3) is 0 Å². The van der Waals surface area contributed by atoms with E-state index in [1.807, 2.05) is 43.5 Å². The van der Waals surface area contributed by atoms with E-state index >= 15 is 0 Å². The highest BCUT2D eigenvalue weighted by atomic mass is 32.1. The van der Waals surface area contributed by atoms with E-state index in [4.69, 9.17) is 12.2 Å². The number of aromatic nitrogens is 1. The van der Waals surface area contributed by atoms with Crippen LogP contribution >= 0.6 is 23.6 Å². The quantitative estimate of drug-likeness (QED) is 0.301. The van der Waals surface area contributed by atoms with E-state index in [1.54, 1.807) is 35.2 Å². The molecule has 27 heavy (non-hydrogen) atoms. The summed E-state index contributed by atoms with van der Waals surface area (Å²) in [5.74, 6) is -0.159. The first-order valence-electron chi connectivity index (χ1n) is 8.45. The number of hydrogen-bond acceptors (Lipinski definition) is 4. The first-order chi connectivity index (χ1) is 13.0. The highest BCUT2D eigenvalue weighted by Crippen LogP contribution is 2.22. The van der Waals surface area contributed by atoms with E-state index in [2.05, 4.69) is 5.32 Å². The molecule has 0 unspecified atom stereocenters. The molecule has 1 aromatic carbocycles. The fourth-order valence-electron chi connectivity index (χ4n) is 2.67. The number of hydrogen-bond donors (Lipinski definition) is 2. The molecule has 0 amide bonds. The topological polar surface area (TPSA) is 59.2 Å². The van der Waals surface area contributed by atoms with Crippen LogP contribution < -0.4 is 15.0 Å². The van der Waals surface area contributed by atoms with Crippen LogP contribution in [-0.4, -0.2) is 10.1 Å². The van der Waals surface area contributed by atoms with E-state index in [9.17, 15) is 10.2 Å². The molecule has 0 saturated carbocycles. The summed E-state index contributed by atoms with van der Waals surface area (Å²) in [6.45, 7) is 3.89. The molecule has 6 heteroatoms. The Hall–Kier alpha value is -2.54. The molecule has 0 spiro atoms. The van der Waals surface area contributed by atoms with Crippen molar-refractivity contribution >= 4 is 45.7 Å². The number of nitrogens with zero attached hydrogens (tertiary/aromatic N) is 1. The third-order valence-electron chi connectivity index (χ3n) is 4.12. The van der Waals surface area contributed by atoms with Crippen LogP contribution in [0.1, 0.15) is 21.6 Å². The molecule has 0 radical (unpaired) electrons. The zero-order valence-electron chi connectivity index (χ0n) is 15.1. The predicted molar refractivity (Wildman–Crippen MR) is 112 cm³/mol. The van der Waals surface area contributed by atoms with Crippen LogP contribution in [0.3, 0.4) is 0 Å². The molecular weight excluding hydrogens is 376 g/mol. The fourth-order valence-corrected chi connectivity index (χ4v) is 3.64. The zero-order chi connectivity index (χ0) is 19.4. The summed E-state index contributed by atoms with van der Waals surface area (Å²) in [4.78, 5) is 0.944. The normalized spacial score (nSPS) is 11.8. The van der Waals surface area contributed by atoms with Gasteiger partial charge in [-0.15, -0.1) is 11.3 Å². The van der Waals surface area contributed by atoms with Gasteiger partial charge in [-0.2, -0.15) is 4.57 Å². The minimum Gasteiger partial charge on any atom is -0.867 e. The summed E-state index contributed by atoms with van der Waals surface area (Å²) in [5.41, 5.74) is 4.06. The van der Waals surface area contributed by atoms with Gasteiger partial charge in [0.05, 0.1) is 6.61 Å². The van der Waals surface area contributed by atoms with Crippen LogP contribution in [-0.2, 0) is 6.61 Å². The van der Waals surface area contributed by atoms with Crippen LogP contribution in [0, 0.1) is 13.8 Å². The van der Waals surface area contributed by atoms with Crippen molar-refractivity contribution in [3.05, 3.63) is 81.8 Å². The molecule has 0 bridgehead atoms. The molecule has 2 heterocycles. The van der Waals surface area contributed by atoms with Crippen LogP contribution in [0.15, 0.2) is 60.2 Å². The molecule has 3 rings (SSSR count). The molecule has 0 aliphatic rings. The summed E-state index contributed by atoms with van der Waals surface area (Å²) in [5, 5.41) is 27.7. The maximum atomic E-state index is 13.2. The second-order valence-electron chi connectivity index (χ2n) is 6.21. The first kappa shape index (κ1) is 19.2. The maximum absolute atomic E-state index is 13.2. The number of benzene rings is 1. The van der Waals surface area contributed by atoms with Crippen molar-refractivity contribution in [2.75, 3.05) is 5.32 Å². The summed E-state index contributed by atoms with van der Waals surface area (Å²) in [6, 6.07) is 13.3. The number of aliphatic hydroxyl groups excluding tert-OH is 1. The summed E-state index contributed by atoms with van der Waals surface area (Å²) >= 11 is 7.00. The number of anilines is 1. The number of thiocarbonyl (C=S) groups is 1. The van der Waals surface area contributed by atoms with Crippen LogP contribution in [0.25, 0.3) is 11.5 Å². The molecule has 0 atom stereocenters. The third-order valence-corrected chi connectivity index (χ3v) is 5.28. The Balaban J connectivity index is 2.08. The maximum Gasteiger partial charge on any atom is 0.239 e. The summed E-state index contributed by atoms with van der Waals surface area (Å²) in [6.07, 6.45) is 3.48. The van der Waals surface area contributed by atoms with Crippen molar-refractivity contribution in [3.8, 4) is 0 Å². The van der Waals surface area contributed by atoms with Gasteiger partial charge in [-0.05, 0) is 54.3 Å². The average Bonchev–Trinajstić information content (AvgIpc) is 3.20. The molecule has 4 nitrogen and oxygen atoms in total.